The van der Waals surface area contributed by atoms with Crippen LogP contribution in [-0.2, 0) is 9.59 Å². The van der Waals surface area contributed by atoms with Gasteiger partial charge in [0, 0.05) is 30.1 Å². The van der Waals surface area contributed by atoms with Crippen molar-refractivity contribution in [2.75, 3.05) is 11.9 Å². The fourth-order valence-corrected chi connectivity index (χ4v) is 2.54. The van der Waals surface area contributed by atoms with E-state index in [4.69, 9.17) is 5.73 Å². The van der Waals surface area contributed by atoms with Crippen LogP contribution in [0.5, 0.6) is 0 Å². The quantitative estimate of drug-likeness (QED) is 0.662. The van der Waals surface area contributed by atoms with Crippen molar-refractivity contribution >= 4 is 41.7 Å². The van der Waals surface area contributed by atoms with Crippen molar-refractivity contribution in [1.29, 1.82) is 0 Å². The lowest BCUT2D eigenvalue weighted by molar-refractivity contribution is -0.120. The number of anilines is 1. The molecule has 124 valence electrons. The van der Waals surface area contributed by atoms with Crippen LogP contribution in [0.3, 0.4) is 0 Å². The first kappa shape index (κ1) is 20.8. The predicted molar refractivity (Wildman–Crippen MR) is 94.6 cm³/mol. The molecular weight excluding hydrogens is 322 g/mol. The normalized spacial score (nSPS) is 12.7. The van der Waals surface area contributed by atoms with Crippen molar-refractivity contribution in [2.45, 2.75) is 43.4 Å². The Morgan fingerprint density at radius 1 is 1.23 bits per heavy atom. The average molecular weight is 346 g/mol. The number of hydrogen-bond donors (Lipinski definition) is 3. The highest BCUT2D eigenvalue weighted by molar-refractivity contribution is 8.00. The summed E-state index contributed by atoms with van der Waals surface area (Å²) in [5, 5.41) is 5.41. The molecule has 0 saturated carbocycles. The maximum Gasteiger partial charge on any atom is 0.233 e. The second-order valence-corrected chi connectivity index (χ2v) is 6.44. The van der Waals surface area contributed by atoms with Crippen LogP contribution in [-0.4, -0.2) is 29.7 Å². The minimum Gasteiger partial charge on any atom is -0.355 e. The molecule has 0 heterocycles. The molecule has 0 saturated heterocycles. The summed E-state index contributed by atoms with van der Waals surface area (Å²) in [6.45, 7) is 5.86. The number of benzene rings is 1. The van der Waals surface area contributed by atoms with Crippen molar-refractivity contribution in [3.05, 3.63) is 24.3 Å². The number of thioether (sulfide) groups is 1. The summed E-state index contributed by atoms with van der Waals surface area (Å²) < 4.78 is 0. The molecule has 0 aliphatic carbocycles. The van der Waals surface area contributed by atoms with Gasteiger partial charge in [-0.3, -0.25) is 9.59 Å². The molecule has 5 nitrogen and oxygen atoms in total. The van der Waals surface area contributed by atoms with Crippen LogP contribution >= 0.6 is 24.2 Å². The third-order valence-corrected chi connectivity index (χ3v) is 3.87. The predicted octanol–water partition coefficient (Wildman–Crippen LogP) is 2.40. The Morgan fingerprint density at radius 3 is 2.32 bits per heavy atom. The van der Waals surface area contributed by atoms with Crippen LogP contribution in [0.25, 0.3) is 0 Å². The van der Waals surface area contributed by atoms with E-state index in [0.29, 0.717) is 6.54 Å². The average Bonchev–Trinajstić information content (AvgIpc) is 2.39. The van der Waals surface area contributed by atoms with E-state index in [-0.39, 0.29) is 35.5 Å². The lowest BCUT2D eigenvalue weighted by Crippen LogP contribution is -2.34. The Balaban J connectivity index is 0.00000441. The molecular formula is C15H24ClN3O2S. The zero-order valence-corrected chi connectivity index (χ0v) is 14.7. The van der Waals surface area contributed by atoms with Gasteiger partial charge in [-0.1, -0.05) is 0 Å². The molecule has 22 heavy (non-hydrogen) atoms. The van der Waals surface area contributed by atoms with E-state index in [1.54, 1.807) is 0 Å². The second-order valence-electron chi connectivity index (χ2n) is 5.02. The SMILES string of the molecule is CC(=O)Nc1ccc(SC(C)C(=O)NCCC(C)N)cc1.Cl. The summed E-state index contributed by atoms with van der Waals surface area (Å²) in [6.07, 6.45) is 0.772. The molecule has 1 aromatic carbocycles. The number of carbonyl (C=O) groups excluding carboxylic acids is 2. The van der Waals surface area contributed by atoms with E-state index in [2.05, 4.69) is 10.6 Å². The van der Waals surface area contributed by atoms with Gasteiger partial charge in [0.15, 0.2) is 0 Å². The van der Waals surface area contributed by atoms with E-state index in [0.717, 1.165) is 17.0 Å². The van der Waals surface area contributed by atoms with Crippen LogP contribution in [0.4, 0.5) is 5.69 Å². The molecule has 0 radical (unpaired) electrons. The molecule has 4 N–H and O–H groups in total. The summed E-state index contributed by atoms with van der Waals surface area (Å²) in [5.41, 5.74) is 6.39. The van der Waals surface area contributed by atoms with Crippen molar-refractivity contribution in [3.63, 3.8) is 0 Å². The minimum absolute atomic E-state index is 0. The third kappa shape index (κ3) is 8.26. The number of rotatable bonds is 7. The minimum atomic E-state index is -0.176. The van der Waals surface area contributed by atoms with Gasteiger partial charge in [-0.15, -0.1) is 24.2 Å². The Hall–Kier alpha value is -1.24. The monoisotopic (exact) mass is 345 g/mol. The second kappa shape index (κ2) is 10.5. The van der Waals surface area contributed by atoms with E-state index in [1.807, 2.05) is 38.1 Å². The maximum atomic E-state index is 11.9. The Morgan fingerprint density at radius 2 is 1.82 bits per heavy atom. The molecule has 2 amide bonds. The number of halogens is 1. The van der Waals surface area contributed by atoms with Crippen molar-refractivity contribution in [3.8, 4) is 0 Å². The highest BCUT2D eigenvalue weighted by atomic mass is 35.5. The van der Waals surface area contributed by atoms with Gasteiger partial charge in [-0.2, -0.15) is 0 Å². The van der Waals surface area contributed by atoms with Gasteiger partial charge in [0.1, 0.15) is 0 Å². The van der Waals surface area contributed by atoms with E-state index in [1.165, 1.54) is 18.7 Å². The number of nitrogens with two attached hydrogens (primary N) is 1. The number of amides is 2. The highest BCUT2D eigenvalue weighted by Gasteiger charge is 2.13. The van der Waals surface area contributed by atoms with Gasteiger partial charge < -0.3 is 16.4 Å². The van der Waals surface area contributed by atoms with Crippen LogP contribution < -0.4 is 16.4 Å². The van der Waals surface area contributed by atoms with E-state index < -0.39 is 0 Å². The zero-order chi connectivity index (χ0) is 15.8. The summed E-state index contributed by atoms with van der Waals surface area (Å²) in [6, 6.07) is 7.52. The third-order valence-electron chi connectivity index (χ3n) is 2.76. The van der Waals surface area contributed by atoms with Crippen LogP contribution in [0, 0.1) is 0 Å². The molecule has 2 atom stereocenters. The molecule has 0 aliphatic rings. The Kier molecular flexibility index (Phi) is 9.89. The molecule has 0 spiro atoms. The van der Waals surface area contributed by atoms with Gasteiger partial charge in [-0.05, 0) is 44.5 Å². The van der Waals surface area contributed by atoms with Gasteiger partial charge in [0.05, 0.1) is 5.25 Å². The van der Waals surface area contributed by atoms with Crippen LogP contribution in [0.2, 0.25) is 0 Å². The highest BCUT2D eigenvalue weighted by Crippen LogP contribution is 2.24. The molecule has 2 unspecified atom stereocenters. The van der Waals surface area contributed by atoms with Crippen LogP contribution in [0.1, 0.15) is 27.2 Å². The van der Waals surface area contributed by atoms with E-state index >= 15 is 0 Å². The fourth-order valence-electron chi connectivity index (χ4n) is 1.64. The maximum absolute atomic E-state index is 11.9. The number of nitrogens with one attached hydrogen (secondary N) is 2. The smallest absolute Gasteiger partial charge is 0.233 e. The van der Waals surface area contributed by atoms with Gasteiger partial charge >= 0.3 is 0 Å². The van der Waals surface area contributed by atoms with Crippen LogP contribution in [0.15, 0.2) is 29.2 Å². The molecule has 0 fully saturated rings. The molecule has 0 aromatic heterocycles. The van der Waals surface area contributed by atoms with Gasteiger partial charge in [-0.25, -0.2) is 0 Å². The van der Waals surface area contributed by atoms with E-state index in [9.17, 15) is 9.59 Å². The van der Waals surface area contributed by atoms with Crippen molar-refractivity contribution in [2.24, 2.45) is 5.73 Å². The van der Waals surface area contributed by atoms with Crippen molar-refractivity contribution < 1.29 is 9.59 Å². The first-order valence-electron chi connectivity index (χ1n) is 6.96. The molecule has 1 rings (SSSR count). The molecule has 1 aromatic rings. The van der Waals surface area contributed by atoms with Gasteiger partial charge in [0.2, 0.25) is 11.8 Å². The van der Waals surface area contributed by atoms with Gasteiger partial charge in [0.25, 0.3) is 0 Å². The molecule has 7 heteroatoms. The number of carbonyl (C=O) groups is 2. The lowest BCUT2D eigenvalue weighted by Gasteiger charge is -2.13. The fraction of sp³-hybridized carbons (Fsp3) is 0.467. The number of hydrogen-bond acceptors (Lipinski definition) is 4. The summed E-state index contributed by atoms with van der Waals surface area (Å²) in [4.78, 5) is 23.8. The Bertz CT molecular complexity index is 480. The summed E-state index contributed by atoms with van der Waals surface area (Å²) in [5.74, 6) is -0.0936. The summed E-state index contributed by atoms with van der Waals surface area (Å²) >= 11 is 1.48. The van der Waals surface area contributed by atoms with Crippen molar-refractivity contribution in [1.82, 2.24) is 5.32 Å². The molecule has 0 bridgehead atoms. The first-order valence-corrected chi connectivity index (χ1v) is 7.84. The lowest BCUT2D eigenvalue weighted by atomic mass is 10.2. The topological polar surface area (TPSA) is 84.2 Å². The Labute approximate surface area is 142 Å². The first-order chi connectivity index (χ1) is 9.88. The largest absolute Gasteiger partial charge is 0.355 e. The standard InChI is InChI=1S/C15H23N3O2S.ClH/c1-10(16)8-9-17-15(20)11(2)21-14-6-4-13(5-7-14)18-12(3)19;/h4-7,10-11H,8-9,16H2,1-3H3,(H,17,20)(H,18,19);1H. The summed E-state index contributed by atoms with van der Waals surface area (Å²) in [7, 11) is 0. The molecule has 0 aliphatic heterocycles. The zero-order valence-electron chi connectivity index (χ0n) is 13.1.